The van der Waals surface area contributed by atoms with Gasteiger partial charge in [-0.15, -0.1) is 0 Å². The molecule has 2 amide bonds. The molecule has 2 fully saturated rings. The van der Waals surface area contributed by atoms with Crippen LogP contribution in [0.4, 0.5) is 10.5 Å². The van der Waals surface area contributed by atoms with Gasteiger partial charge in [0.25, 0.3) is 16.8 Å². The molecule has 0 aliphatic carbocycles. The third-order valence-corrected chi connectivity index (χ3v) is 4.97. The Balaban J connectivity index is 1.71. The number of benzene rings is 1. The Bertz CT molecular complexity index is 696. The summed E-state index contributed by atoms with van der Waals surface area (Å²) in [6.07, 6.45) is 4.98. The van der Waals surface area contributed by atoms with Gasteiger partial charge in [-0.05, 0) is 61.5 Å². The van der Waals surface area contributed by atoms with E-state index in [9.17, 15) is 19.7 Å². The molecule has 0 N–H and O–H groups in total. The maximum Gasteiger partial charge on any atom is 0.294 e. The lowest BCUT2D eigenvalue weighted by Gasteiger charge is -2.29. The number of carbonyl (C=O) groups is 2. The Morgan fingerprint density at radius 2 is 1.79 bits per heavy atom. The molecule has 0 atom stereocenters. The van der Waals surface area contributed by atoms with E-state index in [4.69, 9.17) is 0 Å². The van der Waals surface area contributed by atoms with Crippen LogP contribution in [0.15, 0.2) is 29.2 Å². The van der Waals surface area contributed by atoms with Gasteiger partial charge in [-0.1, -0.05) is 6.42 Å². The minimum absolute atomic E-state index is 0.00893. The normalized spacial score (nSPS) is 20.8. The summed E-state index contributed by atoms with van der Waals surface area (Å²) in [4.78, 5) is 38.5. The molecule has 24 heavy (non-hydrogen) atoms. The predicted molar refractivity (Wildman–Crippen MR) is 91.2 cm³/mol. The van der Waals surface area contributed by atoms with Gasteiger partial charge in [-0.2, -0.15) is 0 Å². The topological polar surface area (TPSA) is 83.8 Å². The van der Waals surface area contributed by atoms with Crippen molar-refractivity contribution in [3.05, 3.63) is 44.8 Å². The highest BCUT2D eigenvalue weighted by Gasteiger charge is 2.36. The number of carbonyl (C=O) groups excluding carboxylic acids is 2. The summed E-state index contributed by atoms with van der Waals surface area (Å²) in [5, 5.41) is 10.4. The second kappa shape index (κ2) is 7.14. The molecule has 0 saturated carbocycles. The first kappa shape index (κ1) is 16.7. The molecular weight excluding hydrogens is 330 g/mol. The van der Waals surface area contributed by atoms with Crippen LogP contribution in [0.3, 0.4) is 0 Å². The van der Waals surface area contributed by atoms with Crippen molar-refractivity contribution in [1.82, 2.24) is 9.80 Å². The van der Waals surface area contributed by atoms with Gasteiger partial charge in [0.2, 0.25) is 0 Å². The minimum Gasteiger partial charge on any atom is -0.286 e. The monoisotopic (exact) mass is 347 g/mol. The van der Waals surface area contributed by atoms with Crippen LogP contribution in [0.25, 0.3) is 6.08 Å². The van der Waals surface area contributed by atoms with Crippen LogP contribution in [0.5, 0.6) is 0 Å². The van der Waals surface area contributed by atoms with Crippen LogP contribution in [0.1, 0.15) is 24.8 Å². The molecule has 7 nitrogen and oxygen atoms in total. The molecule has 0 spiro atoms. The van der Waals surface area contributed by atoms with E-state index in [0.717, 1.165) is 37.7 Å². The highest BCUT2D eigenvalue weighted by molar-refractivity contribution is 8.18. The number of rotatable bonds is 4. The van der Waals surface area contributed by atoms with Crippen LogP contribution in [-0.4, -0.2) is 45.6 Å². The Morgan fingerprint density at radius 1 is 1.12 bits per heavy atom. The van der Waals surface area contributed by atoms with Crippen molar-refractivity contribution in [2.24, 2.45) is 0 Å². The van der Waals surface area contributed by atoms with Crippen molar-refractivity contribution in [2.45, 2.75) is 19.3 Å². The van der Waals surface area contributed by atoms with Gasteiger partial charge in [0, 0.05) is 12.1 Å². The number of likely N-dealkylation sites (tertiary alicyclic amines) is 1. The van der Waals surface area contributed by atoms with E-state index >= 15 is 0 Å². The standard InChI is InChI=1S/C16H17N3O4S/c20-15-14(10-12-4-6-13(7-5-12)19(22)23)24-16(21)18(15)11-17-8-2-1-3-9-17/h4-7,10H,1-3,8-9,11H2. The molecule has 1 aromatic carbocycles. The van der Waals surface area contributed by atoms with Crippen molar-refractivity contribution in [1.29, 1.82) is 0 Å². The lowest BCUT2D eigenvalue weighted by molar-refractivity contribution is -0.384. The molecule has 0 unspecified atom stereocenters. The molecule has 2 heterocycles. The van der Waals surface area contributed by atoms with Gasteiger partial charge in [-0.25, -0.2) is 0 Å². The average Bonchev–Trinajstić information content (AvgIpc) is 2.84. The summed E-state index contributed by atoms with van der Waals surface area (Å²) >= 11 is 0.914. The van der Waals surface area contributed by atoms with Crippen LogP contribution in [0, 0.1) is 10.1 Å². The first-order valence-electron chi connectivity index (χ1n) is 7.77. The maximum atomic E-state index is 12.5. The summed E-state index contributed by atoms with van der Waals surface area (Å²) < 4.78 is 0. The summed E-state index contributed by atoms with van der Waals surface area (Å²) in [7, 11) is 0. The van der Waals surface area contributed by atoms with Crippen molar-refractivity contribution in [3.8, 4) is 0 Å². The van der Waals surface area contributed by atoms with Crippen LogP contribution < -0.4 is 0 Å². The number of hydrogen-bond acceptors (Lipinski definition) is 6. The zero-order chi connectivity index (χ0) is 17.1. The minimum atomic E-state index is -0.476. The lowest BCUT2D eigenvalue weighted by atomic mass is 10.1. The SMILES string of the molecule is O=C1SC(=Cc2ccc([N+](=O)[O-])cc2)C(=O)N1CN1CCCCC1. The highest BCUT2D eigenvalue weighted by Crippen LogP contribution is 2.32. The van der Waals surface area contributed by atoms with E-state index in [-0.39, 0.29) is 16.8 Å². The van der Waals surface area contributed by atoms with E-state index < -0.39 is 4.92 Å². The number of hydrogen-bond donors (Lipinski definition) is 0. The molecule has 2 aliphatic heterocycles. The fraction of sp³-hybridized carbons (Fsp3) is 0.375. The summed E-state index contributed by atoms with van der Waals surface area (Å²) in [6.45, 7) is 2.15. The van der Waals surface area contributed by atoms with Gasteiger partial charge in [0.1, 0.15) is 0 Å². The zero-order valence-electron chi connectivity index (χ0n) is 13.0. The number of imide groups is 1. The summed E-state index contributed by atoms with van der Waals surface area (Å²) in [5.74, 6) is -0.297. The quantitative estimate of drug-likeness (QED) is 0.473. The van der Waals surface area contributed by atoms with E-state index in [1.165, 1.54) is 23.5 Å². The first-order valence-corrected chi connectivity index (χ1v) is 8.58. The second-order valence-electron chi connectivity index (χ2n) is 5.78. The molecule has 8 heteroatoms. The summed E-state index contributed by atoms with van der Waals surface area (Å²) in [6, 6.07) is 5.89. The summed E-state index contributed by atoms with van der Waals surface area (Å²) in [5.41, 5.74) is 0.648. The van der Waals surface area contributed by atoms with Gasteiger partial charge in [0.05, 0.1) is 16.5 Å². The number of thioether (sulfide) groups is 1. The Labute approximate surface area is 143 Å². The highest BCUT2D eigenvalue weighted by atomic mass is 32.2. The third-order valence-electron chi connectivity index (χ3n) is 4.07. The molecule has 0 radical (unpaired) electrons. The number of non-ortho nitro benzene ring substituents is 1. The van der Waals surface area contributed by atoms with E-state index in [1.54, 1.807) is 18.2 Å². The Morgan fingerprint density at radius 3 is 2.42 bits per heavy atom. The Hall–Kier alpha value is -2.19. The first-order chi connectivity index (χ1) is 11.5. The van der Waals surface area contributed by atoms with Crippen LogP contribution in [-0.2, 0) is 4.79 Å². The molecule has 126 valence electrons. The predicted octanol–water partition coefficient (Wildman–Crippen LogP) is 3.07. The lowest BCUT2D eigenvalue weighted by Crippen LogP contribution is -2.42. The average molecular weight is 347 g/mol. The maximum absolute atomic E-state index is 12.5. The Kier molecular flexibility index (Phi) is 4.96. The van der Waals surface area contributed by atoms with E-state index in [2.05, 4.69) is 4.90 Å². The fourth-order valence-electron chi connectivity index (χ4n) is 2.77. The van der Waals surface area contributed by atoms with Crippen molar-refractivity contribution in [2.75, 3.05) is 19.8 Å². The number of piperidine rings is 1. The molecule has 0 bridgehead atoms. The van der Waals surface area contributed by atoms with Crippen molar-refractivity contribution < 1.29 is 14.5 Å². The van der Waals surface area contributed by atoms with Crippen molar-refractivity contribution in [3.63, 3.8) is 0 Å². The molecule has 2 aliphatic rings. The number of nitro groups is 1. The molecule has 3 rings (SSSR count). The van der Waals surface area contributed by atoms with Gasteiger partial charge >= 0.3 is 0 Å². The van der Waals surface area contributed by atoms with Gasteiger partial charge in [-0.3, -0.25) is 29.5 Å². The van der Waals surface area contributed by atoms with Gasteiger partial charge < -0.3 is 0 Å². The second-order valence-corrected chi connectivity index (χ2v) is 6.77. The largest absolute Gasteiger partial charge is 0.294 e. The number of nitro benzene ring substituents is 1. The van der Waals surface area contributed by atoms with Crippen LogP contribution >= 0.6 is 11.8 Å². The van der Waals surface area contributed by atoms with E-state index in [1.807, 2.05) is 0 Å². The number of nitrogens with zero attached hydrogens (tertiary/aromatic N) is 3. The van der Waals surface area contributed by atoms with E-state index in [0.29, 0.717) is 17.1 Å². The van der Waals surface area contributed by atoms with Crippen LogP contribution in [0.2, 0.25) is 0 Å². The zero-order valence-corrected chi connectivity index (χ0v) is 13.8. The third kappa shape index (κ3) is 3.65. The number of amides is 2. The fourth-order valence-corrected chi connectivity index (χ4v) is 3.60. The van der Waals surface area contributed by atoms with Gasteiger partial charge in [0.15, 0.2) is 0 Å². The smallest absolute Gasteiger partial charge is 0.286 e. The molecule has 2 saturated heterocycles. The van der Waals surface area contributed by atoms with Crippen molar-refractivity contribution >= 4 is 34.7 Å². The molecule has 1 aromatic rings. The molecule has 0 aromatic heterocycles. The molecular formula is C16H17N3O4S.